The molecule has 3 aromatic carbocycles. The maximum absolute atomic E-state index is 14.8. The summed E-state index contributed by atoms with van der Waals surface area (Å²) >= 11 is 0. The summed E-state index contributed by atoms with van der Waals surface area (Å²) in [7, 11) is -17.9. The van der Waals surface area contributed by atoms with Crippen molar-refractivity contribution < 1.29 is 75.9 Å². The number of carbonyl (C=O) groups is 3. The lowest BCUT2D eigenvalue weighted by atomic mass is 9.70. The van der Waals surface area contributed by atoms with Gasteiger partial charge in [0.2, 0.25) is 17.5 Å². The number of hydrogen-bond acceptors (Lipinski definition) is 12. The van der Waals surface area contributed by atoms with Gasteiger partial charge in [0.25, 0.3) is 40.5 Å². The van der Waals surface area contributed by atoms with Crippen molar-refractivity contribution in [1.82, 2.24) is 10.6 Å². The van der Waals surface area contributed by atoms with Crippen LogP contribution in [0.1, 0.15) is 90.2 Å². The number of carboxylic acid groups (broad SMARTS) is 1. The van der Waals surface area contributed by atoms with Crippen LogP contribution in [0.3, 0.4) is 0 Å². The number of aliphatic carboxylic acids is 1. The van der Waals surface area contributed by atoms with Crippen molar-refractivity contribution >= 4 is 86.1 Å². The van der Waals surface area contributed by atoms with Crippen LogP contribution >= 0.6 is 0 Å². The number of rotatable bonds is 23. The molecule has 0 fully saturated rings. The molecular formula is C50H63N4O16S4+. The van der Waals surface area contributed by atoms with Crippen LogP contribution in [0.2, 0.25) is 0 Å². The lowest BCUT2D eigenvalue weighted by Crippen LogP contribution is -2.53. The molecule has 2 amide bonds. The molecule has 0 saturated heterocycles. The fourth-order valence-electron chi connectivity index (χ4n) is 10.2. The number of fused-ring (bicyclic) bond motifs is 4. The number of amides is 2. The van der Waals surface area contributed by atoms with Gasteiger partial charge in [0.15, 0.2) is 5.71 Å². The van der Waals surface area contributed by atoms with Gasteiger partial charge in [0.05, 0.1) is 27.6 Å². The largest absolute Gasteiger partial charge is 0.481 e. The van der Waals surface area contributed by atoms with Gasteiger partial charge in [-0.15, -0.1) is 0 Å². The number of carbonyl (C=O) groups excluding carboxylic acids is 2. The zero-order valence-corrected chi connectivity index (χ0v) is 44.7. The number of anilines is 1. The molecule has 3 aliphatic rings. The molecule has 0 radical (unpaired) electrons. The normalized spacial score (nSPS) is 19.8. The van der Waals surface area contributed by atoms with E-state index in [0.717, 1.165) is 22.0 Å². The second-order valence-corrected chi connectivity index (χ2v) is 26.0. The summed E-state index contributed by atoms with van der Waals surface area (Å²) in [6, 6.07) is 15.6. The third-order valence-corrected chi connectivity index (χ3v) is 16.8. The highest BCUT2D eigenvalue weighted by Gasteiger charge is 2.49. The number of nitrogens with one attached hydrogen (secondary N) is 2. The first-order chi connectivity index (χ1) is 34.3. The highest BCUT2D eigenvalue weighted by atomic mass is 32.2. The Bertz CT molecular complexity index is 3360. The van der Waals surface area contributed by atoms with E-state index in [9.17, 15) is 66.3 Å². The molecule has 1 unspecified atom stereocenters. The van der Waals surface area contributed by atoms with Crippen LogP contribution in [-0.2, 0) is 65.7 Å². The van der Waals surface area contributed by atoms with Crippen molar-refractivity contribution in [2.75, 3.05) is 48.3 Å². The minimum Gasteiger partial charge on any atom is -0.481 e. The van der Waals surface area contributed by atoms with Crippen LogP contribution in [-0.4, -0.2) is 128 Å². The maximum Gasteiger partial charge on any atom is 0.303 e. The van der Waals surface area contributed by atoms with Gasteiger partial charge in [-0.25, -0.2) is 0 Å². The Hall–Kier alpha value is -5.60. The summed E-state index contributed by atoms with van der Waals surface area (Å²) in [5.41, 5.74) is 0.964. The first-order valence-electron chi connectivity index (χ1n) is 23.8. The SMILES string of the molecule is CC1(C)C(=CC=C2C=C(C=CC3=[N+](CCCS(=O)(=O)O)c4ccc5ccccc5c4C3(C)C)CC(C(=O)NCCCCCC(=O)O)(C(=O)NCCS(=O)(=O)O)C2)N(CCCS(=O)(=O)O)c2ccc(S(=O)(=O)O)cc21. The third kappa shape index (κ3) is 13.8. The van der Waals surface area contributed by atoms with Gasteiger partial charge in [-0.1, -0.05) is 62.8 Å². The van der Waals surface area contributed by atoms with E-state index in [4.69, 9.17) is 5.11 Å². The van der Waals surface area contributed by atoms with Gasteiger partial charge < -0.3 is 20.6 Å². The van der Waals surface area contributed by atoms with Gasteiger partial charge >= 0.3 is 5.97 Å². The first kappa shape index (κ1) is 57.7. The topological polar surface area (TPSA) is 319 Å². The van der Waals surface area contributed by atoms with Crippen LogP contribution < -0.4 is 15.5 Å². The number of hydrogen-bond donors (Lipinski definition) is 7. The van der Waals surface area contributed by atoms with E-state index in [-0.39, 0.29) is 56.6 Å². The van der Waals surface area contributed by atoms with Crippen molar-refractivity contribution in [3.63, 3.8) is 0 Å². The lowest BCUT2D eigenvalue weighted by molar-refractivity contribution is -0.437. The summed E-state index contributed by atoms with van der Waals surface area (Å²) in [4.78, 5) is 41.9. The smallest absolute Gasteiger partial charge is 0.303 e. The summed E-state index contributed by atoms with van der Waals surface area (Å²) in [6.45, 7) is 7.24. The van der Waals surface area contributed by atoms with E-state index in [2.05, 4.69) is 10.6 Å². The van der Waals surface area contributed by atoms with E-state index < -0.39 is 98.3 Å². The number of carboxylic acids is 1. The quantitative estimate of drug-likeness (QED) is 0.0261. The number of unbranched alkanes of at least 4 members (excludes halogenated alkanes) is 2. The molecule has 402 valence electrons. The Balaban J connectivity index is 1.52. The number of nitrogens with zero attached hydrogens (tertiary/aromatic N) is 2. The minimum atomic E-state index is -4.66. The van der Waals surface area contributed by atoms with Gasteiger partial charge in [-0.3, -0.25) is 32.6 Å². The van der Waals surface area contributed by atoms with E-state index in [1.54, 1.807) is 43.1 Å². The highest BCUT2D eigenvalue weighted by molar-refractivity contribution is 7.86. The molecule has 20 nitrogen and oxygen atoms in total. The number of benzene rings is 3. The molecule has 2 heterocycles. The zero-order valence-electron chi connectivity index (χ0n) is 41.4. The summed E-state index contributed by atoms with van der Waals surface area (Å²) in [6.07, 6.45) is 9.12. The Morgan fingerprint density at radius 3 is 2.00 bits per heavy atom. The Morgan fingerprint density at radius 1 is 0.703 bits per heavy atom. The van der Waals surface area contributed by atoms with Gasteiger partial charge in [0.1, 0.15) is 12.0 Å². The molecule has 0 saturated carbocycles. The molecule has 0 bridgehead atoms. The second kappa shape index (κ2) is 22.3. The van der Waals surface area contributed by atoms with E-state index in [1.807, 2.05) is 60.9 Å². The minimum absolute atomic E-state index is 0.0159. The maximum atomic E-state index is 14.8. The summed E-state index contributed by atoms with van der Waals surface area (Å²) < 4.78 is 136. The second-order valence-electron chi connectivity index (χ2n) is 19.8. The van der Waals surface area contributed by atoms with Crippen molar-refractivity contribution in [3.8, 4) is 0 Å². The van der Waals surface area contributed by atoms with Crippen molar-refractivity contribution in [2.24, 2.45) is 5.41 Å². The Morgan fingerprint density at radius 2 is 1.35 bits per heavy atom. The van der Waals surface area contributed by atoms with Crippen molar-refractivity contribution in [2.45, 2.75) is 94.8 Å². The average molecular weight is 1100 g/mol. The van der Waals surface area contributed by atoms with Crippen LogP contribution in [0.4, 0.5) is 11.4 Å². The van der Waals surface area contributed by atoms with Gasteiger partial charge in [0, 0.05) is 67.0 Å². The molecule has 1 aliphatic carbocycles. The van der Waals surface area contributed by atoms with E-state index in [1.165, 1.54) is 18.2 Å². The van der Waals surface area contributed by atoms with Crippen LogP contribution in [0, 0.1) is 5.41 Å². The monoisotopic (exact) mass is 1100 g/mol. The molecule has 24 heteroatoms. The fourth-order valence-corrected chi connectivity index (χ4v) is 12.0. The Labute approximate surface area is 432 Å². The molecule has 0 spiro atoms. The van der Waals surface area contributed by atoms with Crippen LogP contribution in [0.5, 0.6) is 0 Å². The third-order valence-electron chi connectivity index (χ3n) is 13.6. The highest BCUT2D eigenvalue weighted by Crippen LogP contribution is 2.50. The molecule has 0 aromatic heterocycles. The predicted molar refractivity (Wildman–Crippen MR) is 279 cm³/mol. The predicted octanol–water partition coefficient (Wildman–Crippen LogP) is 5.65. The molecule has 6 rings (SSSR count). The van der Waals surface area contributed by atoms with Crippen molar-refractivity contribution in [3.05, 3.63) is 113 Å². The summed E-state index contributed by atoms with van der Waals surface area (Å²) in [5, 5.41) is 16.4. The molecule has 3 aromatic rings. The average Bonchev–Trinajstić information content (AvgIpc) is 3.64. The molecule has 2 aliphatic heterocycles. The van der Waals surface area contributed by atoms with Gasteiger partial charge in [-0.05, 0) is 104 Å². The number of allylic oxidation sites excluding steroid dienone is 8. The van der Waals surface area contributed by atoms with Crippen LogP contribution in [0.15, 0.2) is 107 Å². The van der Waals surface area contributed by atoms with E-state index in [0.29, 0.717) is 53.1 Å². The summed E-state index contributed by atoms with van der Waals surface area (Å²) in [5.74, 6) is -4.58. The molecule has 7 N–H and O–H groups in total. The molecule has 1 atom stereocenters. The van der Waals surface area contributed by atoms with E-state index >= 15 is 0 Å². The standard InChI is InChI=1S/C50H62N4O16S4/c1-48(2)39-31-37(74(68,69)70)18-20-40(39)53(25-10-27-71(59,60)61)42(48)21-15-34-30-35(33-50(32-34,47(58)52-24-29-73(65,66)67)46(57)51-23-9-5-6-14-44(55)56)16-22-43-49(3,4)45-38-13-8-7-12-36(38)17-19-41(45)54(43)26-11-28-72(62,63)64/h7-8,12-13,15-22,30-31H,5-6,9-11,14,23-29,32-33H2,1-4H3,(H6-,51,52,55,56,57,58,59,60,61,62,63,64,65,66,67,68,69,70)/p+1. The van der Waals surface area contributed by atoms with Crippen molar-refractivity contribution in [1.29, 1.82) is 0 Å². The molecular weight excluding hydrogens is 1040 g/mol. The zero-order chi connectivity index (χ0) is 54.7. The van der Waals surface area contributed by atoms with Gasteiger partial charge in [-0.2, -0.15) is 38.2 Å². The molecule has 74 heavy (non-hydrogen) atoms. The van der Waals surface area contributed by atoms with Crippen LogP contribution in [0.25, 0.3) is 10.8 Å². The fraction of sp³-hybridized carbons (Fsp3) is 0.440. The lowest BCUT2D eigenvalue weighted by Gasteiger charge is -2.35. The Kier molecular flexibility index (Phi) is 17.4. The first-order valence-corrected chi connectivity index (χ1v) is 30.1.